The van der Waals surface area contributed by atoms with Gasteiger partial charge in [0.2, 0.25) is 0 Å². The van der Waals surface area contributed by atoms with Gasteiger partial charge in [0.1, 0.15) is 0 Å². The first kappa shape index (κ1) is 13.4. The zero-order chi connectivity index (χ0) is 12.8. The molecule has 0 aliphatic carbocycles. The van der Waals surface area contributed by atoms with Crippen molar-refractivity contribution >= 4 is 47.3 Å². The second-order valence-corrected chi connectivity index (χ2v) is 10.0. The van der Waals surface area contributed by atoms with Crippen molar-refractivity contribution in [3.63, 3.8) is 0 Å². The summed E-state index contributed by atoms with van der Waals surface area (Å²) in [6.45, 7) is 7.54. The summed E-state index contributed by atoms with van der Waals surface area (Å²) in [6.07, 6.45) is 3.77. The standard InChI is InChI=1S/C16H14Se2/c1-3-13-5-9-15(10-6-13)17-18-16-11-7-14(4-2)8-12-16/h3-12H,1-2H2. The molecule has 0 spiro atoms. The van der Waals surface area contributed by atoms with E-state index in [1.165, 1.54) is 20.1 Å². The van der Waals surface area contributed by atoms with E-state index in [4.69, 9.17) is 0 Å². The first-order chi connectivity index (χ1) is 8.81. The zero-order valence-electron chi connectivity index (χ0n) is 10.0. The SMILES string of the molecule is C=Cc1ccc([Se][Se]c2ccc(C=C)cc2)cc1. The minimum absolute atomic E-state index is 0.558. The van der Waals surface area contributed by atoms with E-state index >= 15 is 0 Å². The van der Waals surface area contributed by atoms with Crippen LogP contribution in [0.1, 0.15) is 11.1 Å². The van der Waals surface area contributed by atoms with Gasteiger partial charge >= 0.3 is 120 Å². The van der Waals surface area contributed by atoms with Crippen LogP contribution >= 0.6 is 0 Å². The van der Waals surface area contributed by atoms with Gasteiger partial charge in [0.05, 0.1) is 0 Å². The maximum atomic E-state index is 3.77. The number of hydrogen-bond donors (Lipinski definition) is 0. The van der Waals surface area contributed by atoms with Gasteiger partial charge in [-0.05, 0) is 0 Å². The van der Waals surface area contributed by atoms with Gasteiger partial charge in [-0.3, -0.25) is 0 Å². The van der Waals surface area contributed by atoms with E-state index in [1.54, 1.807) is 0 Å². The number of hydrogen-bond acceptors (Lipinski definition) is 0. The topological polar surface area (TPSA) is 0 Å². The third-order valence-corrected chi connectivity index (χ3v) is 9.69. The molecule has 0 saturated carbocycles. The molecule has 0 radical (unpaired) electrons. The van der Waals surface area contributed by atoms with Crippen LogP contribution in [0.15, 0.2) is 61.7 Å². The molecule has 0 nitrogen and oxygen atoms in total. The fourth-order valence-electron chi connectivity index (χ4n) is 1.42. The Morgan fingerprint density at radius 2 is 0.944 bits per heavy atom. The average molecular weight is 364 g/mol. The van der Waals surface area contributed by atoms with Crippen LogP contribution in [0.5, 0.6) is 0 Å². The Morgan fingerprint density at radius 1 is 0.611 bits per heavy atom. The van der Waals surface area contributed by atoms with Crippen molar-refractivity contribution in [1.29, 1.82) is 0 Å². The van der Waals surface area contributed by atoms with Gasteiger partial charge in [-0.2, -0.15) is 0 Å². The van der Waals surface area contributed by atoms with Crippen LogP contribution in [0.2, 0.25) is 0 Å². The van der Waals surface area contributed by atoms with Crippen LogP contribution in [0.3, 0.4) is 0 Å². The predicted octanol–water partition coefficient (Wildman–Crippen LogP) is 2.25. The van der Waals surface area contributed by atoms with Crippen LogP contribution in [0.4, 0.5) is 0 Å². The van der Waals surface area contributed by atoms with Gasteiger partial charge in [-0.1, -0.05) is 0 Å². The Hall–Kier alpha value is -1.04. The van der Waals surface area contributed by atoms with Crippen LogP contribution in [-0.2, 0) is 0 Å². The third-order valence-electron chi connectivity index (χ3n) is 2.47. The molecule has 90 valence electrons. The van der Waals surface area contributed by atoms with E-state index in [1.807, 2.05) is 12.2 Å². The molecule has 2 rings (SSSR count). The molecular weight excluding hydrogens is 350 g/mol. The maximum absolute atomic E-state index is 3.77. The van der Waals surface area contributed by atoms with Crippen molar-refractivity contribution in [1.82, 2.24) is 0 Å². The molecule has 0 aliphatic heterocycles. The molecule has 0 unspecified atom stereocenters. The molecule has 18 heavy (non-hydrogen) atoms. The molecule has 0 aromatic heterocycles. The Balaban J connectivity index is 1.97. The van der Waals surface area contributed by atoms with Crippen LogP contribution < -0.4 is 8.92 Å². The first-order valence-corrected chi connectivity index (χ1v) is 11.7. The molecule has 0 heterocycles. The van der Waals surface area contributed by atoms with Crippen molar-refractivity contribution in [2.45, 2.75) is 0 Å². The first-order valence-electron chi connectivity index (χ1n) is 5.61. The summed E-state index contributed by atoms with van der Waals surface area (Å²) in [6, 6.07) is 17.4. The Morgan fingerprint density at radius 3 is 1.22 bits per heavy atom. The molecule has 0 bridgehead atoms. The molecule has 0 saturated heterocycles. The predicted molar refractivity (Wildman–Crippen MR) is 83.8 cm³/mol. The van der Waals surface area contributed by atoms with Gasteiger partial charge in [0.25, 0.3) is 0 Å². The van der Waals surface area contributed by atoms with Gasteiger partial charge in [-0.25, -0.2) is 0 Å². The molecule has 0 aliphatic rings. The zero-order valence-corrected chi connectivity index (χ0v) is 13.4. The van der Waals surface area contributed by atoms with Crippen molar-refractivity contribution in [3.8, 4) is 0 Å². The van der Waals surface area contributed by atoms with Gasteiger partial charge in [-0.15, -0.1) is 0 Å². The number of benzene rings is 2. The van der Waals surface area contributed by atoms with E-state index in [9.17, 15) is 0 Å². The van der Waals surface area contributed by atoms with Crippen molar-refractivity contribution in [2.75, 3.05) is 0 Å². The summed E-state index contributed by atoms with van der Waals surface area (Å²) in [5.41, 5.74) is 2.38. The summed E-state index contributed by atoms with van der Waals surface area (Å²) in [5, 5.41) is 0. The molecule has 0 N–H and O–H groups in total. The van der Waals surface area contributed by atoms with Crippen LogP contribution in [-0.4, -0.2) is 26.3 Å². The second kappa shape index (κ2) is 6.77. The molecule has 2 aromatic rings. The summed E-state index contributed by atoms with van der Waals surface area (Å²) < 4.78 is 2.92. The minimum atomic E-state index is 0.558. The fraction of sp³-hybridized carbons (Fsp3) is 0. The Labute approximate surface area is 120 Å². The molecule has 0 amide bonds. The fourth-order valence-corrected chi connectivity index (χ4v) is 7.38. The van der Waals surface area contributed by atoms with Gasteiger partial charge in [0.15, 0.2) is 0 Å². The van der Waals surface area contributed by atoms with Crippen molar-refractivity contribution in [2.24, 2.45) is 0 Å². The van der Waals surface area contributed by atoms with E-state index in [-0.39, 0.29) is 0 Å². The van der Waals surface area contributed by atoms with E-state index in [2.05, 4.69) is 61.7 Å². The molecule has 0 atom stereocenters. The monoisotopic (exact) mass is 366 g/mol. The van der Waals surface area contributed by atoms with Crippen LogP contribution in [0.25, 0.3) is 12.2 Å². The van der Waals surface area contributed by atoms with Crippen LogP contribution in [0, 0.1) is 0 Å². The summed E-state index contributed by atoms with van der Waals surface area (Å²) in [7, 11) is 0. The molecule has 2 heteroatoms. The summed E-state index contributed by atoms with van der Waals surface area (Å²) in [4.78, 5) is 0. The molecule has 2 aromatic carbocycles. The van der Waals surface area contributed by atoms with E-state index in [0.717, 1.165) is 0 Å². The van der Waals surface area contributed by atoms with E-state index in [0.29, 0.717) is 26.3 Å². The third kappa shape index (κ3) is 3.73. The van der Waals surface area contributed by atoms with Crippen molar-refractivity contribution < 1.29 is 0 Å². The summed E-state index contributed by atoms with van der Waals surface area (Å²) in [5.74, 6) is 0. The number of rotatable bonds is 5. The van der Waals surface area contributed by atoms with Gasteiger partial charge < -0.3 is 0 Å². The molecular formula is C16H14Se2. The molecule has 0 fully saturated rings. The summed E-state index contributed by atoms with van der Waals surface area (Å²) >= 11 is 1.12. The Kier molecular flexibility index (Phi) is 5.04. The normalized spacial score (nSPS) is 10.0. The van der Waals surface area contributed by atoms with E-state index < -0.39 is 0 Å². The Bertz CT molecular complexity index is 473. The average Bonchev–Trinajstić information content (AvgIpc) is 2.46. The quantitative estimate of drug-likeness (QED) is 0.714. The van der Waals surface area contributed by atoms with Crippen molar-refractivity contribution in [3.05, 3.63) is 72.8 Å². The second-order valence-electron chi connectivity index (χ2n) is 3.71. The van der Waals surface area contributed by atoms with Gasteiger partial charge in [0, 0.05) is 0 Å².